The average Bonchev–Trinajstić information content (AvgIpc) is 3.28. The maximum atomic E-state index is 12.3. The Morgan fingerprint density at radius 2 is 1.79 bits per heavy atom. The number of hydrogen-bond donors (Lipinski definition) is 1. The summed E-state index contributed by atoms with van der Waals surface area (Å²) in [6, 6.07) is 25.1. The first kappa shape index (κ1) is 22.8. The van der Waals surface area contributed by atoms with Crippen LogP contribution in [0, 0.1) is 0 Å². The highest BCUT2D eigenvalue weighted by atomic mass is 79.9. The van der Waals surface area contributed by atoms with E-state index in [1.54, 1.807) is 13.3 Å². The zero-order valence-corrected chi connectivity index (χ0v) is 20.1. The normalized spacial score (nSPS) is 11.0. The maximum Gasteiger partial charge on any atom is 0.250 e. The van der Waals surface area contributed by atoms with Gasteiger partial charge >= 0.3 is 0 Å². The second-order valence-electron chi connectivity index (χ2n) is 6.84. The van der Waals surface area contributed by atoms with E-state index in [1.807, 2.05) is 83.4 Å². The zero-order valence-electron chi connectivity index (χ0n) is 17.7. The zero-order chi connectivity index (χ0) is 23.0. The Labute approximate surface area is 204 Å². The summed E-state index contributed by atoms with van der Waals surface area (Å²) in [5.74, 6) is 1.37. The van der Waals surface area contributed by atoms with E-state index in [0.29, 0.717) is 11.0 Å². The summed E-state index contributed by atoms with van der Waals surface area (Å²) >= 11 is 4.76. The lowest BCUT2D eigenvalue weighted by Gasteiger charge is -2.10. The van der Waals surface area contributed by atoms with E-state index in [2.05, 4.69) is 36.7 Å². The lowest BCUT2D eigenvalue weighted by Crippen LogP contribution is -2.20. The van der Waals surface area contributed by atoms with Gasteiger partial charge in [0.25, 0.3) is 5.91 Å². The van der Waals surface area contributed by atoms with E-state index in [9.17, 15) is 4.79 Å². The van der Waals surface area contributed by atoms with Crippen LogP contribution < -0.4 is 10.2 Å². The van der Waals surface area contributed by atoms with Crippen LogP contribution in [0.4, 0.5) is 0 Å². The molecule has 0 bridgehead atoms. The summed E-state index contributed by atoms with van der Waals surface area (Å²) in [5.41, 5.74) is 5.25. The number of carbonyl (C=O) groups is 1. The Kier molecular flexibility index (Phi) is 7.54. The monoisotopic (exact) mass is 521 g/mol. The van der Waals surface area contributed by atoms with Gasteiger partial charge in [0.05, 0.1) is 19.1 Å². The average molecular weight is 522 g/mol. The number of hydrazone groups is 1. The predicted octanol–water partition coefficient (Wildman–Crippen LogP) is 4.95. The Morgan fingerprint density at radius 1 is 1.06 bits per heavy atom. The van der Waals surface area contributed by atoms with Gasteiger partial charge in [0.1, 0.15) is 5.75 Å². The van der Waals surface area contributed by atoms with Crippen LogP contribution in [0.15, 0.2) is 93.6 Å². The number of hydrogen-bond acceptors (Lipinski definition) is 6. The molecule has 0 aliphatic rings. The van der Waals surface area contributed by atoms with Gasteiger partial charge in [-0.3, -0.25) is 9.36 Å². The third-order valence-corrected chi connectivity index (χ3v) is 6.06. The standard InChI is InChI=1S/C24H20BrN5O2S/c1-32-21-13-7-17(8-14-21)15-26-27-22(31)16-33-24-29-28-23(18-9-11-19(25)12-10-18)30(24)20-5-3-2-4-6-20/h2-15H,16H2,1H3,(H,27,31)/b26-15+. The lowest BCUT2D eigenvalue weighted by atomic mass is 10.2. The van der Waals surface area contributed by atoms with E-state index in [0.717, 1.165) is 27.0 Å². The lowest BCUT2D eigenvalue weighted by molar-refractivity contribution is -0.118. The summed E-state index contributed by atoms with van der Waals surface area (Å²) in [7, 11) is 1.61. The SMILES string of the molecule is COc1ccc(/C=N/NC(=O)CSc2nnc(-c3ccc(Br)cc3)n2-c2ccccc2)cc1. The number of benzene rings is 3. The van der Waals surface area contributed by atoms with Crippen LogP contribution >= 0.6 is 27.7 Å². The first-order chi connectivity index (χ1) is 16.1. The molecule has 9 heteroatoms. The molecule has 0 saturated carbocycles. The van der Waals surface area contributed by atoms with Crippen molar-refractivity contribution in [3.63, 3.8) is 0 Å². The van der Waals surface area contributed by atoms with Gasteiger partial charge in [-0.2, -0.15) is 5.10 Å². The van der Waals surface area contributed by atoms with Crippen molar-refractivity contribution < 1.29 is 9.53 Å². The van der Waals surface area contributed by atoms with Gasteiger partial charge in [-0.05, 0) is 54.1 Å². The van der Waals surface area contributed by atoms with Crippen LogP contribution in [0.1, 0.15) is 5.56 Å². The van der Waals surface area contributed by atoms with Crippen LogP contribution in [0.3, 0.4) is 0 Å². The number of nitrogens with one attached hydrogen (secondary N) is 1. The first-order valence-electron chi connectivity index (χ1n) is 9.99. The fraction of sp³-hybridized carbons (Fsp3) is 0.0833. The number of rotatable bonds is 8. The minimum absolute atomic E-state index is 0.144. The van der Waals surface area contributed by atoms with Crippen LogP contribution in [0.25, 0.3) is 17.1 Å². The molecule has 0 radical (unpaired) electrons. The molecule has 4 rings (SSSR count). The van der Waals surface area contributed by atoms with Gasteiger partial charge in [0.15, 0.2) is 11.0 Å². The quantitative estimate of drug-likeness (QED) is 0.201. The van der Waals surface area contributed by atoms with Crippen molar-refractivity contribution in [2.45, 2.75) is 5.16 Å². The number of methoxy groups -OCH3 is 1. The Morgan fingerprint density at radius 3 is 2.48 bits per heavy atom. The largest absolute Gasteiger partial charge is 0.497 e. The number of amides is 1. The van der Waals surface area contributed by atoms with Gasteiger partial charge in [0, 0.05) is 15.7 Å². The Hall–Kier alpha value is -3.43. The molecule has 1 aromatic heterocycles. The molecule has 7 nitrogen and oxygen atoms in total. The topological polar surface area (TPSA) is 81.4 Å². The van der Waals surface area contributed by atoms with Crippen molar-refractivity contribution >= 4 is 39.8 Å². The van der Waals surface area contributed by atoms with Gasteiger partial charge in [-0.1, -0.05) is 58.0 Å². The highest BCUT2D eigenvalue weighted by molar-refractivity contribution is 9.10. The molecule has 0 fully saturated rings. The highest BCUT2D eigenvalue weighted by Gasteiger charge is 2.17. The molecule has 0 aliphatic heterocycles. The fourth-order valence-electron chi connectivity index (χ4n) is 2.99. The predicted molar refractivity (Wildman–Crippen MR) is 134 cm³/mol. The fourth-order valence-corrected chi connectivity index (χ4v) is 4.00. The smallest absolute Gasteiger partial charge is 0.250 e. The molecule has 1 heterocycles. The molecule has 0 aliphatic carbocycles. The third kappa shape index (κ3) is 5.88. The molecule has 166 valence electrons. The summed E-state index contributed by atoms with van der Waals surface area (Å²) < 4.78 is 8.06. The van der Waals surface area contributed by atoms with Crippen molar-refractivity contribution in [3.05, 3.63) is 88.9 Å². The van der Waals surface area contributed by atoms with Crippen LogP contribution in [-0.4, -0.2) is 39.7 Å². The van der Waals surface area contributed by atoms with E-state index >= 15 is 0 Å². The summed E-state index contributed by atoms with van der Waals surface area (Å²) in [6.45, 7) is 0. The summed E-state index contributed by atoms with van der Waals surface area (Å²) in [4.78, 5) is 12.3. The molecule has 0 unspecified atom stereocenters. The molecule has 3 aromatic carbocycles. The number of para-hydroxylation sites is 1. The first-order valence-corrected chi connectivity index (χ1v) is 11.8. The van der Waals surface area contributed by atoms with Crippen molar-refractivity contribution in [2.75, 3.05) is 12.9 Å². The molecule has 0 spiro atoms. The second kappa shape index (κ2) is 10.9. The van der Waals surface area contributed by atoms with Gasteiger partial charge in [-0.15, -0.1) is 10.2 Å². The summed E-state index contributed by atoms with van der Waals surface area (Å²) in [6.07, 6.45) is 1.58. The van der Waals surface area contributed by atoms with Crippen molar-refractivity contribution in [1.82, 2.24) is 20.2 Å². The third-order valence-electron chi connectivity index (χ3n) is 4.60. The van der Waals surface area contributed by atoms with Gasteiger partial charge < -0.3 is 4.74 Å². The molecule has 0 atom stereocenters. The number of halogens is 1. The molecular formula is C24H20BrN5O2S. The molecule has 33 heavy (non-hydrogen) atoms. The van der Waals surface area contributed by atoms with Crippen LogP contribution in [-0.2, 0) is 4.79 Å². The van der Waals surface area contributed by atoms with Crippen molar-refractivity contribution in [3.8, 4) is 22.8 Å². The van der Waals surface area contributed by atoms with E-state index in [1.165, 1.54) is 11.8 Å². The molecule has 4 aromatic rings. The maximum absolute atomic E-state index is 12.3. The number of ether oxygens (including phenoxy) is 1. The van der Waals surface area contributed by atoms with Crippen LogP contribution in [0.2, 0.25) is 0 Å². The summed E-state index contributed by atoms with van der Waals surface area (Å²) in [5, 5.41) is 13.4. The van der Waals surface area contributed by atoms with Gasteiger partial charge in [0.2, 0.25) is 0 Å². The van der Waals surface area contributed by atoms with Crippen molar-refractivity contribution in [1.29, 1.82) is 0 Å². The number of carbonyl (C=O) groups excluding carboxylic acids is 1. The van der Waals surface area contributed by atoms with E-state index in [-0.39, 0.29) is 11.7 Å². The molecular weight excluding hydrogens is 502 g/mol. The molecule has 1 N–H and O–H groups in total. The number of aromatic nitrogens is 3. The minimum atomic E-state index is -0.238. The van der Waals surface area contributed by atoms with Crippen molar-refractivity contribution in [2.24, 2.45) is 5.10 Å². The van der Waals surface area contributed by atoms with E-state index in [4.69, 9.17) is 4.74 Å². The van der Waals surface area contributed by atoms with Crippen LogP contribution in [0.5, 0.6) is 5.75 Å². The Bertz CT molecular complexity index is 1240. The Balaban J connectivity index is 1.46. The van der Waals surface area contributed by atoms with E-state index < -0.39 is 0 Å². The van der Waals surface area contributed by atoms with Gasteiger partial charge in [-0.25, -0.2) is 5.43 Å². The minimum Gasteiger partial charge on any atom is -0.497 e. The molecule has 1 amide bonds. The number of thioether (sulfide) groups is 1. The highest BCUT2D eigenvalue weighted by Crippen LogP contribution is 2.28. The second-order valence-corrected chi connectivity index (χ2v) is 8.70. The number of nitrogens with zero attached hydrogens (tertiary/aromatic N) is 4. The molecule has 0 saturated heterocycles.